The standard InChI is InChI=1S/C43H55FN6O4/c44-35-16-18-36(19-17-35)48-30-28-46(29-31-48)21-4-6-23-50-39-10-7-8-37(41(39)54-43(50)52)34-14-12-33(13-15-34)32-47-26-24-45(25-27-47)20-3-5-22-49-38-9-1-2-11-40(38)53-42(49)51/h1-2,7-11,16-19,33-34H,3-6,12-15,20-32H2. The lowest BCUT2D eigenvalue weighted by atomic mass is 9.78. The van der Waals surface area contributed by atoms with Crippen LogP contribution in [0, 0.1) is 11.7 Å². The first-order valence-corrected chi connectivity index (χ1v) is 20.4. The zero-order chi connectivity index (χ0) is 36.9. The molecule has 0 bridgehead atoms. The predicted octanol–water partition coefficient (Wildman–Crippen LogP) is 6.62. The number of piperazine rings is 2. The number of benzene rings is 3. The Morgan fingerprint density at radius 2 is 1.15 bits per heavy atom. The van der Waals surface area contributed by atoms with Gasteiger partial charge in [-0.15, -0.1) is 0 Å². The maximum Gasteiger partial charge on any atom is 0.419 e. The maximum absolute atomic E-state index is 13.3. The van der Waals surface area contributed by atoms with Crippen LogP contribution in [0.2, 0.25) is 0 Å². The second-order valence-electron chi connectivity index (χ2n) is 15.8. The van der Waals surface area contributed by atoms with E-state index in [1.807, 2.05) is 47.0 Å². The third-order valence-corrected chi connectivity index (χ3v) is 12.3. The molecule has 0 radical (unpaired) electrons. The highest BCUT2D eigenvalue weighted by atomic mass is 19.1. The van der Waals surface area contributed by atoms with Gasteiger partial charge in [0.25, 0.3) is 0 Å². The van der Waals surface area contributed by atoms with E-state index in [0.29, 0.717) is 24.6 Å². The number of aryl methyl sites for hydroxylation is 2. The average Bonchev–Trinajstić information content (AvgIpc) is 3.70. The van der Waals surface area contributed by atoms with E-state index < -0.39 is 0 Å². The molecule has 4 heterocycles. The van der Waals surface area contributed by atoms with Crippen LogP contribution in [0.15, 0.2) is 85.2 Å². The fraction of sp³-hybridized carbons (Fsp3) is 0.535. The smallest absolute Gasteiger partial charge is 0.408 e. The minimum atomic E-state index is -0.258. The molecule has 8 rings (SSSR count). The summed E-state index contributed by atoms with van der Waals surface area (Å²) in [6.45, 7) is 13.0. The Bertz CT molecular complexity index is 2080. The Morgan fingerprint density at radius 3 is 1.85 bits per heavy atom. The molecule has 2 saturated heterocycles. The number of oxazole rings is 2. The van der Waals surface area contributed by atoms with Gasteiger partial charge in [-0.3, -0.25) is 14.0 Å². The minimum absolute atomic E-state index is 0.195. The number of anilines is 1. The van der Waals surface area contributed by atoms with Crippen LogP contribution in [0.1, 0.15) is 62.8 Å². The third kappa shape index (κ3) is 8.53. The highest BCUT2D eigenvalue weighted by molar-refractivity contribution is 5.77. The van der Waals surface area contributed by atoms with Crippen molar-refractivity contribution in [2.24, 2.45) is 5.92 Å². The molecule has 1 aliphatic carbocycles. The Morgan fingerprint density at radius 1 is 0.574 bits per heavy atom. The quantitative estimate of drug-likeness (QED) is 0.118. The van der Waals surface area contributed by atoms with Gasteiger partial charge in [0.15, 0.2) is 11.2 Å². The molecule has 0 atom stereocenters. The van der Waals surface area contributed by atoms with Gasteiger partial charge in [-0.05, 0) is 119 Å². The molecular weight excluding hydrogens is 684 g/mol. The summed E-state index contributed by atoms with van der Waals surface area (Å²) in [6, 6.07) is 20.8. The Labute approximate surface area is 316 Å². The van der Waals surface area contributed by atoms with Gasteiger partial charge in [0.1, 0.15) is 5.82 Å². The summed E-state index contributed by atoms with van der Waals surface area (Å²) in [6.07, 6.45) is 8.72. The van der Waals surface area contributed by atoms with Crippen molar-refractivity contribution in [2.75, 3.05) is 76.9 Å². The summed E-state index contributed by atoms with van der Waals surface area (Å²) in [5, 5.41) is 0. The molecule has 10 nitrogen and oxygen atoms in total. The van der Waals surface area contributed by atoms with Gasteiger partial charge in [-0.1, -0.05) is 24.3 Å². The van der Waals surface area contributed by atoms with E-state index >= 15 is 0 Å². The monoisotopic (exact) mass is 738 g/mol. The molecule has 0 unspecified atom stereocenters. The minimum Gasteiger partial charge on any atom is -0.408 e. The van der Waals surface area contributed by atoms with Gasteiger partial charge in [0.05, 0.1) is 11.0 Å². The number of fused-ring (bicyclic) bond motifs is 2. The van der Waals surface area contributed by atoms with Crippen LogP contribution in [0.25, 0.3) is 22.2 Å². The predicted molar refractivity (Wildman–Crippen MR) is 212 cm³/mol. The zero-order valence-corrected chi connectivity index (χ0v) is 31.5. The van der Waals surface area contributed by atoms with Crippen LogP contribution >= 0.6 is 0 Å². The van der Waals surface area contributed by atoms with E-state index in [9.17, 15) is 14.0 Å². The van der Waals surface area contributed by atoms with Crippen molar-refractivity contribution < 1.29 is 13.2 Å². The van der Waals surface area contributed by atoms with Crippen LogP contribution in [-0.2, 0) is 13.1 Å². The van der Waals surface area contributed by atoms with E-state index in [2.05, 4.69) is 31.7 Å². The maximum atomic E-state index is 13.3. The molecule has 0 spiro atoms. The number of halogens is 1. The van der Waals surface area contributed by atoms with Gasteiger partial charge >= 0.3 is 11.5 Å². The van der Waals surface area contributed by atoms with Crippen molar-refractivity contribution in [1.82, 2.24) is 23.8 Å². The van der Waals surface area contributed by atoms with E-state index in [0.717, 1.165) is 132 Å². The summed E-state index contributed by atoms with van der Waals surface area (Å²) < 4.78 is 28.3. The molecule has 5 aromatic rings. The molecule has 288 valence electrons. The molecule has 3 fully saturated rings. The molecule has 54 heavy (non-hydrogen) atoms. The SMILES string of the molecule is O=c1oc2ccccc2n1CCCCN1CCN(CC2CCC(c3cccc4c3oc(=O)n4CCCCN3CCN(c4ccc(F)cc4)CC3)CC2)CC1. The molecule has 2 aromatic heterocycles. The van der Waals surface area contributed by atoms with Crippen molar-refractivity contribution >= 4 is 27.9 Å². The van der Waals surface area contributed by atoms with E-state index in [-0.39, 0.29) is 17.3 Å². The van der Waals surface area contributed by atoms with E-state index in [4.69, 9.17) is 8.83 Å². The summed E-state index contributed by atoms with van der Waals surface area (Å²) in [4.78, 5) is 35.4. The number of para-hydroxylation sites is 3. The fourth-order valence-electron chi connectivity index (χ4n) is 9.17. The first-order chi connectivity index (χ1) is 26.5. The third-order valence-electron chi connectivity index (χ3n) is 12.3. The summed E-state index contributed by atoms with van der Waals surface area (Å²) in [5.74, 6) is 0.467. The number of nitrogens with zero attached hydrogens (tertiary/aromatic N) is 6. The highest BCUT2D eigenvalue weighted by Crippen LogP contribution is 2.39. The molecule has 1 saturated carbocycles. The van der Waals surface area contributed by atoms with Crippen LogP contribution in [0.4, 0.5) is 10.1 Å². The molecule has 2 aliphatic heterocycles. The fourth-order valence-corrected chi connectivity index (χ4v) is 9.17. The molecule has 11 heteroatoms. The number of hydrogen-bond acceptors (Lipinski definition) is 8. The van der Waals surface area contributed by atoms with Crippen molar-refractivity contribution in [3.63, 3.8) is 0 Å². The second kappa shape index (κ2) is 17.1. The average molecular weight is 739 g/mol. The summed E-state index contributed by atoms with van der Waals surface area (Å²) >= 11 is 0. The van der Waals surface area contributed by atoms with E-state index in [1.165, 1.54) is 37.1 Å². The first-order valence-electron chi connectivity index (χ1n) is 20.4. The molecule has 0 N–H and O–H groups in total. The normalized spacial score (nSPS) is 20.7. The second-order valence-corrected chi connectivity index (χ2v) is 15.8. The van der Waals surface area contributed by atoms with Crippen LogP contribution in [0.3, 0.4) is 0 Å². The van der Waals surface area contributed by atoms with Gasteiger partial charge in [0, 0.05) is 83.2 Å². The van der Waals surface area contributed by atoms with Crippen molar-refractivity contribution in [3.8, 4) is 0 Å². The Hall–Kier alpha value is -4.19. The lowest BCUT2D eigenvalue weighted by Crippen LogP contribution is -2.48. The number of hydrogen-bond donors (Lipinski definition) is 0. The molecule has 0 amide bonds. The Balaban J connectivity index is 0.741. The van der Waals surface area contributed by atoms with Gasteiger partial charge in [0.2, 0.25) is 0 Å². The van der Waals surface area contributed by atoms with Crippen molar-refractivity contribution in [2.45, 2.75) is 70.4 Å². The van der Waals surface area contributed by atoms with Gasteiger partial charge in [-0.2, -0.15) is 0 Å². The number of rotatable bonds is 14. The largest absolute Gasteiger partial charge is 0.419 e. The van der Waals surface area contributed by atoms with Crippen LogP contribution < -0.4 is 16.4 Å². The van der Waals surface area contributed by atoms with Crippen LogP contribution in [-0.4, -0.2) is 95.8 Å². The van der Waals surface area contributed by atoms with Crippen LogP contribution in [0.5, 0.6) is 0 Å². The Kier molecular flexibility index (Phi) is 11.6. The topological polar surface area (TPSA) is 83.2 Å². The number of unbranched alkanes of at least 4 members (excludes halogenated alkanes) is 2. The lowest BCUT2D eigenvalue weighted by molar-refractivity contribution is 0.107. The molecule has 3 aliphatic rings. The van der Waals surface area contributed by atoms with Gasteiger partial charge in [-0.25, -0.2) is 14.0 Å². The number of aromatic nitrogens is 2. The zero-order valence-electron chi connectivity index (χ0n) is 31.5. The van der Waals surface area contributed by atoms with Gasteiger partial charge < -0.3 is 23.5 Å². The molecular formula is C43H55FN6O4. The van der Waals surface area contributed by atoms with Crippen molar-refractivity contribution in [1.29, 1.82) is 0 Å². The molecule has 3 aromatic carbocycles. The highest BCUT2D eigenvalue weighted by Gasteiger charge is 2.28. The first kappa shape index (κ1) is 36.8. The summed E-state index contributed by atoms with van der Waals surface area (Å²) in [5.41, 5.74) is 5.58. The lowest BCUT2D eigenvalue weighted by Gasteiger charge is -2.38. The summed E-state index contributed by atoms with van der Waals surface area (Å²) in [7, 11) is 0. The van der Waals surface area contributed by atoms with Crippen molar-refractivity contribution in [3.05, 3.63) is 99.2 Å². The van der Waals surface area contributed by atoms with E-state index in [1.54, 1.807) is 4.57 Å².